The van der Waals surface area contributed by atoms with Crippen LogP contribution in [0.2, 0.25) is 0 Å². The van der Waals surface area contributed by atoms with Gasteiger partial charge in [0, 0.05) is 30.7 Å². The van der Waals surface area contributed by atoms with Crippen LogP contribution in [0.3, 0.4) is 0 Å². The summed E-state index contributed by atoms with van der Waals surface area (Å²) >= 11 is 0. The first-order chi connectivity index (χ1) is 21.4. The Morgan fingerprint density at radius 3 is 2.00 bits per heavy atom. The Bertz CT molecular complexity index is 1750. The van der Waals surface area contributed by atoms with Gasteiger partial charge in [0.15, 0.2) is 0 Å². The molecule has 0 aliphatic carbocycles. The van der Waals surface area contributed by atoms with Gasteiger partial charge in [0.2, 0.25) is 0 Å². The van der Waals surface area contributed by atoms with E-state index in [4.69, 9.17) is 9.15 Å². The second kappa shape index (κ2) is 11.4. The van der Waals surface area contributed by atoms with Crippen LogP contribution >= 0.6 is 0 Å². The van der Waals surface area contributed by atoms with E-state index in [0.717, 1.165) is 46.5 Å². The number of aromatic nitrogens is 1. The molecule has 5 aromatic rings. The van der Waals surface area contributed by atoms with Gasteiger partial charge in [0.05, 0.1) is 18.3 Å². The van der Waals surface area contributed by atoms with Crippen LogP contribution in [0.15, 0.2) is 119 Å². The van der Waals surface area contributed by atoms with E-state index in [-0.39, 0.29) is 18.1 Å². The summed E-state index contributed by atoms with van der Waals surface area (Å²) in [5.74, 6) is -0.0477. The number of oxazole rings is 1. The highest BCUT2D eigenvalue weighted by molar-refractivity contribution is 5.94. The number of hydrogen-bond acceptors (Lipinski definition) is 6. The second-order valence-electron chi connectivity index (χ2n) is 11.8. The quantitative estimate of drug-likeness (QED) is 0.192. The van der Waals surface area contributed by atoms with Crippen LogP contribution in [0.1, 0.15) is 62.5 Å². The summed E-state index contributed by atoms with van der Waals surface area (Å²) in [5.41, 5.74) is 5.87. The maximum atomic E-state index is 13.9. The molecule has 2 aliphatic rings. The zero-order chi connectivity index (χ0) is 30.3. The number of esters is 1. The van der Waals surface area contributed by atoms with Crippen LogP contribution in [-0.4, -0.2) is 34.6 Å². The third-order valence-electron chi connectivity index (χ3n) is 9.05. The molecule has 0 amide bonds. The van der Waals surface area contributed by atoms with Crippen molar-refractivity contribution in [3.05, 3.63) is 165 Å². The van der Waals surface area contributed by atoms with Gasteiger partial charge in [-0.3, -0.25) is 9.47 Å². The number of piperazine rings is 1. The lowest BCUT2D eigenvalue weighted by molar-refractivity contribution is 0.0535. The zero-order valence-corrected chi connectivity index (χ0v) is 24.9. The van der Waals surface area contributed by atoms with Crippen molar-refractivity contribution in [2.45, 2.75) is 44.6 Å². The maximum absolute atomic E-state index is 13.9. The third kappa shape index (κ3) is 4.78. The van der Waals surface area contributed by atoms with Gasteiger partial charge >= 0.3 is 11.7 Å². The molecular formula is C37H35N3O4. The molecule has 1 aromatic heterocycles. The lowest BCUT2D eigenvalue weighted by Gasteiger charge is -2.38. The van der Waals surface area contributed by atoms with E-state index in [9.17, 15) is 9.59 Å². The first-order valence-electron chi connectivity index (χ1n) is 15.1. The predicted molar refractivity (Wildman–Crippen MR) is 168 cm³/mol. The van der Waals surface area contributed by atoms with Crippen molar-refractivity contribution in [1.82, 2.24) is 14.8 Å². The smallest absolute Gasteiger partial charge is 0.420 e. The van der Waals surface area contributed by atoms with E-state index < -0.39 is 11.3 Å². The van der Waals surface area contributed by atoms with Crippen molar-refractivity contribution < 1.29 is 13.9 Å². The number of nitrogens with one attached hydrogen (secondary N) is 1. The first kappa shape index (κ1) is 28.1. The summed E-state index contributed by atoms with van der Waals surface area (Å²) in [6, 6.07) is 34.6. The summed E-state index contributed by atoms with van der Waals surface area (Å²) < 4.78 is 13.1. The van der Waals surface area contributed by atoms with Gasteiger partial charge < -0.3 is 14.5 Å². The van der Waals surface area contributed by atoms with Crippen LogP contribution in [0.25, 0.3) is 0 Å². The van der Waals surface area contributed by atoms with Gasteiger partial charge in [-0.25, -0.2) is 9.59 Å². The lowest BCUT2D eigenvalue weighted by Crippen LogP contribution is -2.50. The molecule has 2 aliphatic heterocycles. The normalized spacial score (nSPS) is 18.6. The molecule has 0 bridgehead atoms. The van der Waals surface area contributed by atoms with E-state index in [1.54, 1.807) is 4.57 Å². The van der Waals surface area contributed by atoms with E-state index in [0.29, 0.717) is 24.5 Å². The molecule has 0 radical (unpaired) electrons. The molecule has 7 heteroatoms. The van der Waals surface area contributed by atoms with E-state index >= 15 is 0 Å². The van der Waals surface area contributed by atoms with Gasteiger partial charge in [-0.2, -0.15) is 0 Å². The zero-order valence-electron chi connectivity index (χ0n) is 24.9. The van der Waals surface area contributed by atoms with Crippen LogP contribution in [0.4, 0.5) is 0 Å². The minimum Gasteiger partial charge on any atom is -0.457 e. The minimum atomic E-state index is -0.928. The van der Waals surface area contributed by atoms with Gasteiger partial charge in [0.25, 0.3) is 0 Å². The molecule has 2 atom stereocenters. The summed E-state index contributed by atoms with van der Waals surface area (Å²) in [6.07, 6.45) is 1.89. The first-order valence-corrected chi connectivity index (χ1v) is 15.1. The highest BCUT2D eigenvalue weighted by Crippen LogP contribution is 2.40. The molecule has 4 aromatic carbocycles. The average molecular weight is 586 g/mol. The molecule has 7 nitrogen and oxygen atoms in total. The molecule has 0 spiro atoms. The monoisotopic (exact) mass is 585 g/mol. The summed E-state index contributed by atoms with van der Waals surface area (Å²) in [4.78, 5) is 28.3. The topological polar surface area (TPSA) is 76.7 Å². The number of carbonyl (C=O) groups excluding carboxylic acids is 1. The highest BCUT2D eigenvalue weighted by atomic mass is 16.5. The standard InChI is InChI=1S/C37H35N3O4/c1-25-20-39(23-34(38-25)31-18-19-32-33(26(31)2)24-43-35(32)41)21-30-22-40(36(42)44-30)37(27-12-6-3-7-13-27,28-14-8-4-9-15-28)29-16-10-5-11-17-29/h3-19,22,25,34,38H,20-21,23-24H2,1-2H3/t25-,34?/m0/s1. The Kier molecular flexibility index (Phi) is 7.28. The molecule has 44 heavy (non-hydrogen) atoms. The Morgan fingerprint density at radius 1 is 0.818 bits per heavy atom. The predicted octanol–water partition coefficient (Wildman–Crippen LogP) is 5.80. The van der Waals surface area contributed by atoms with E-state index in [2.05, 4.69) is 60.5 Å². The number of rotatable bonds is 7. The van der Waals surface area contributed by atoms with Crippen molar-refractivity contribution >= 4 is 5.97 Å². The van der Waals surface area contributed by atoms with Crippen molar-refractivity contribution in [2.24, 2.45) is 0 Å². The summed E-state index contributed by atoms with van der Waals surface area (Å²) in [5, 5.41) is 3.73. The second-order valence-corrected chi connectivity index (χ2v) is 11.8. The van der Waals surface area contributed by atoms with Crippen molar-refractivity contribution in [1.29, 1.82) is 0 Å². The van der Waals surface area contributed by atoms with Crippen LogP contribution in [0, 0.1) is 6.92 Å². The fourth-order valence-corrected chi connectivity index (χ4v) is 7.10. The van der Waals surface area contributed by atoms with Crippen LogP contribution in [-0.2, 0) is 23.4 Å². The number of cyclic esters (lactones) is 1. The van der Waals surface area contributed by atoms with Crippen molar-refractivity contribution in [2.75, 3.05) is 13.1 Å². The molecule has 3 heterocycles. The Balaban J connectivity index is 1.26. The fourth-order valence-electron chi connectivity index (χ4n) is 7.10. The maximum Gasteiger partial charge on any atom is 0.420 e. The molecule has 1 saturated heterocycles. The van der Waals surface area contributed by atoms with Crippen molar-refractivity contribution in [3.63, 3.8) is 0 Å². The molecule has 7 rings (SSSR count). The molecule has 222 valence electrons. The lowest BCUT2D eigenvalue weighted by atomic mass is 9.76. The van der Waals surface area contributed by atoms with Crippen molar-refractivity contribution in [3.8, 4) is 0 Å². The summed E-state index contributed by atoms with van der Waals surface area (Å²) in [7, 11) is 0. The Hall–Kier alpha value is -4.72. The van der Waals surface area contributed by atoms with Crippen LogP contribution < -0.4 is 11.1 Å². The number of ether oxygens (including phenoxy) is 1. The number of carbonyl (C=O) groups is 1. The molecule has 1 N–H and O–H groups in total. The molecule has 0 saturated carbocycles. The number of nitrogens with zero attached hydrogens (tertiary/aromatic N) is 2. The largest absolute Gasteiger partial charge is 0.457 e. The third-order valence-corrected chi connectivity index (χ3v) is 9.05. The molecular weight excluding hydrogens is 550 g/mol. The number of hydrogen-bond donors (Lipinski definition) is 1. The van der Waals surface area contributed by atoms with Gasteiger partial charge in [-0.15, -0.1) is 0 Å². The Labute approximate surface area is 256 Å². The molecule has 1 fully saturated rings. The summed E-state index contributed by atoms with van der Waals surface area (Å²) in [6.45, 7) is 6.58. The SMILES string of the molecule is Cc1c(C2CN(Cc3cn(C(c4ccccc4)(c4ccccc4)c4ccccc4)c(=O)o3)C[C@H](C)N2)ccc2c1COC2=O. The number of benzene rings is 4. The highest BCUT2D eigenvalue weighted by Gasteiger charge is 2.41. The minimum absolute atomic E-state index is 0.0607. The van der Waals surface area contributed by atoms with Gasteiger partial charge in [0.1, 0.15) is 17.9 Å². The van der Waals surface area contributed by atoms with Gasteiger partial charge in [-0.05, 0) is 47.7 Å². The number of fused-ring (bicyclic) bond motifs is 1. The molecule has 1 unspecified atom stereocenters. The van der Waals surface area contributed by atoms with E-state index in [1.807, 2.05) is 72.9 Å². The van der Waals surface area contributed by atoms with Crippen LogP contribution in [0.5, 0.6) is 0 Å². The average Bonchev–Trinajstić information content (AvgIpc) is 3.61. The Morgan fingerprint density at radius 2 is 1.41 bits per heavy atom. The van der Waals surface area contributed by atoms with Gasteiger partial charge in [-0.1, -0.05) is 97.1 Å². The van der Waals surface area contributed by atoms with E-state index in [1.165, 1.54) is 0 Å². The fraction of sp³-hybridized carbons (Fsp3) is 0.243.